The van der Waals surface area contributed by atoms with Gasteiger partial charge in [-0.1, -0.05) is 165 Å². The molecule has 0 heterocycles. The van der Waals surface area contributed by atoms with Crippen LogP contribution >= 0.6 is 0 Å². The largest absolute Gasteiger partial charge is 0.0628 e. The lowest BCUT2D eigenvalue weighted by atomic mass is 9.65. The van der Waals surface area contributed by atoms with Crippen molar-refractivity contribution in [3.05, 3.63) is 0 Å². The molecule has 0 saturated heterocycles. The van der Waals surface area contributed by atoms with E-state index in [-0.39, 0.29) is 0 Å². The van der Waals surface area contributed by atoms with Crippen LogP contribution in [-0.2, 0) is 0 Å². The fourth-order valence-electron chi connectivity index (χ4n) is 6.53. The van der Waals surface area contributed by atoms with Crippen molar-refractivity contribution in [2.75, 3.05) is 0 Å². The van der Waals surface area contributed by atoms with E-state index >= 15 is 0 Å². The molecule has 0 amide bonds. The molecule has 0 aromatic heterocycles. The van der Waals surface area contributed by atoms with E-state index in [1.165, 1.54) is 103 Å². The van der Waals surface area contributed by atoms with Gasteiger partial charge in [0.2, 0.25) is 0 Å². The Morgan fingerprint density at radius 1 is 0.229 bits per heavy atom. The van der Waals surface area contributed by atoms with Crippen LogP contribution in [0.1, 0.15) is 255 Å². The summed E-state index contributed by atoms with van der Waals surface area (Å²) in [4.78, 5) is 0. The molecule has 0 rings (SSSR count). The van der Waals surface area contributed by atoms with Crippen molar-refractivity contribution < 1.29 is 0 Å². The van der Waals surface area contributed by atoms with Gasteiger partial charge in [0.05, 0.1) is 0 Å². The van der Waals surface area contributed by atoms with Crippen LogP contribution in [0, 0.1) is 55.2 Å². The van der Waals surface area contributed by atoms with Crippen LogP contribution in [0.5, 0.6) is 0 Å². The first-order valence-corrected chi connectivity index (χ1v) is 21.1. The molecule has 0 fully saturated rings. The Kier molecular flexibility index (Phi) is 21.2. The van der Waals surface area contributed by atoms with Crippen molar-refractivity contribution in [1.82, 2.24) is 0 Å². The molecule has 0 heteroatoms. The molecule has 0 aliphatic rings. The second-order valence-corrected chi connectivity index (χ2v) is 25.2. The third-order valence-electron chi connectivity index (χ3n) is 10.9. The topological polar surface area (TPSA) is 0 Å². The second kappa shape index (κ2) is 20.3. The van der Waals surface area contributed by atoms with Gasteiger partial charge < -0.3 is 0 Å². The molecule has 0 nitrogen and oxygen atoms in total. The van der Waals surface area contributed by atoms with Gasteiger partial charge in [0.25, 0.3) is 0 Å². The summed E-state index contributed by atoms with van der Waals surface area (Å²) in [6.07, 6.45) is 22.3. The molecule has 0 unspecified atom stereocenters. The molecule has 292 valence electrons. The summed E-state index contributed by atoms with van der Waals surface area (Å²) < 4.78 is 0. The van der Waals surface area contributed by atoms with Crippen LogP contribution in [0.15, 0.2) is 0 Å². The lowest BCUT2D eigenvalue weighted by Gasteiger charge is -2.40. The van der Waals surface area contributed by atoms with Gasteiger partial charge in [-0.2, -0.15) is 0 Å². The molecule has 0 N–H and O–H groups in total. The van der Waals surface area contributed by atoms with E-state index in [4.69, 9.17) is 0 Å². The number of hydrogen-bond donors (Lipinski definition) is 0. The fraction of sp³-hybridized carbons (Fsp3) is 1.00. The Labute approximate surface area is 309 Å². The molecule has 0 bridgehead atoms. The van der Waals surface area contributed by atoms with Crippen LogP contribution in [0.2, 0.25) is 0 Å². The van der Waals surface area contributed by atoms with Crippen molar-refractivity contribution in [3.63, 3.8) is 0 Å². The SMILES string of the molecule is CC(C)CCC(CCC(C)(C)C)(CCC(C)(C)C)CCC(C)(C)C.CC(C)CCC(CCC(C)(C)C)(CCC(C)(C)C)CCC(C)(C)C. The highest BCUT2D eigenvalue weighted by Gasteiger charge is 2.35. The molecule has 0 saturated carbocycles. The summed E-state index contributed by atoms with van der Waals surface area (Å²) in [6, 6.07) is 0. The van der Waals surface area contributed by atoms with E-state index in [2.05, 4.69) is 152 Å². The van der Waals surface area contributed by atoms with Gasteiger partial charge in [0.1, 0.15) is 0 Å². The van der Waals surface area contributed by atoms with E-state index < -0.39 is 0 Å². The minimum atomic E-state index is 0.451. The minimum Gasteiger partial charge on any atom is -0.0628 e. The molecule has 0 aromatic carbocycles. The Morgan fingerprint density at radius 3 is 0.479 bits per heavy atom. The van der Waals surface area contributed by atoms with E-state index in [9.17, 15) is 0 Å². The average Bonchev–Trinajstić information content (AvgIpc) is 2.84. The molecule has 0 atom stereocenters. The maximum atomic E-state index is 2.41. The van der Waals surface area contributed by atoms with Gasteiger partial charge in [-0.05, 0) is 145 Å². The van der Waals surface area contributed by atoms with Crippen LogP contribution in [0.4, 0.5) is 0 Å². The standard InChI is InChI=1S/2C24H50/c2*1-20(2)12-13-24(17-14-21(3,4)5,18-15-22(6,7)8)19-16-23(9,10)11/h2*20H,12-19H2,1-11H3. The van der Waals surface area contributed by atoms with Crippen molar-refractivity contribution in [3.8, 4) is 0 Å². The monoisotopic (exact) mass is 677 g/mol. The van der Waals surface area contributed by atoms with Gasteiger partial charge in [-0.3, -0.25) is 0 Å². The van der Waals surface area contributed by atoms with Gasteiger partial charge in [-0.15, -0.1) is 0 Å². The zero-order valence-electron chi connectivity index (χ0n) is 38.5. The zero-order valence-corrected chi connectivity index (χ0v) is 38.5. The first-order valence-electron chi connectivity index (χ1n) is 21.1. The first-order chi connectivity index (χ1) is 21.1. The molecular formula is C48H100. The summed E-state index contributed by atoms with van der Waals surface area (Å²) >= 11 is 0. The van der Waals surface area contributed by atoms with E-state index in [1.807, 2.05) is 0 Å². The van der Waals surface area contributed by atoms with Crippen molar-refractivity contribution in [2.24, 2.45) is 55.2 Å². The minimum absolute atomic E-state index is 0.451. The number of hydrogen-bond acceptors (Lipinski definition) is 0. The first kappa shape index (κ1) is 50.1. The predicted octanol–water partition coefficient (Wildman–Crippen LogP) is 17.8. The Bertz CT molecular complexity index is 632. The van der Waals surface area contributed by atoms with E-state index in [0.717, 1.165) is 11.8 Å². The predicted molar refractivity (Wildman–Crippen MR) is 225 cm³/mol. The smallest absolute Gasteiger partial charge is 0.0297 e. The zero-order chi connectivity index (χ0) is 38.5. The quantitative estimate of drug-likeness (QED) is 0.136. The van der Waals surface area contributed by atoms with Gasteiger partial charge >= 0.3 is 0 Å². The normalized spacial score (nSPS) is 14.5. The van der Waals surface area contributed by atoms with Gasteiger partial charge in [0.15, 0.2) is 0 Å². The maximum Gasteiger partial charge on any atom is -0.0297 e. The third-order valence-corrected chi connectivity index (χ3v) is 10.9. The summed E-state index contributed by atoms with van der Waals surface area (Å²) in [5.41, 5.74) is 3.81. The lowest BCUT2D eigenvalue weighted by molar-refractivity contribution is 0.115. The molecule has 0 aliphatic heterocycles. The molecule has 0 aromatic rings. The van der Waals surface area contributed by atoms with E-state index in [1.54, 1.807) is 0 Å². The van der Waals surface area contributed by atoms with Crippen LogP contribution < -0.4 is 0 Å². The van der Waals surface area contributed by atoms with E-state index in [0.29, 0.717) is 43.3 Å². The van der Waals surface area contributed by atoms with Crippen LogP contribution in [0.25, 0.3) is 0 Å². The highest BCUT2D eigenvalue weighted by Crippen LogP contribution is 2.48. The summed E-state index contributed by atoms with van der Waals surface area (Å²) in [5.74, 6) is 1.64. The van der Waals surface area contributed by atoms with Crippen molar-refractivity contribution in [1.29, 1.82) is 0 Å². The Balaban J connectivity index is 0. The van der Waals surface area contributed by atoms with Crippen LogP contribution in [-0.4, -0.2) is 0 Å². The highest BCUT2D eigenvalue weighted by atomic mass is 14.4. The lowest BCUT2D eigenvalue weighted by Crippen LogP contribution is -2.27. The second-order valence-electron chi connectivity index (χ2n) is 25.2. The summed E-state index contributed by atoms with van der Waals surface area (Å²) in [7, 11) is 0. The van der Waals surface area contributed by atoms with Crippen LogP contribution in [0.3, 0.4) is 0 Å². The average molecular weight is 677 g/mol. The van der Waals surface area contributed by atoms with Crippen molar-refractivity contribution in [2.45, 2.75) is 255 Å². The molecule has 0 radical (unpaired) electrons. The molecule has 48 heavy (non-hydrogen) atoms. The molecule has 0 spiro atoms. The summed E-state index contributed by atoms with van der Waals surface area (Å²) in [6.45, 7) is 53.0. The Morgan fingerprint density at radius 2 is 0.375 bits per heavy atom. The van der Waals surface area contributed by atoms with Gasteiger partial charge in [0, 0.05) is 0 Å². The fourth-order valence-corrected chi connectivity index (χ4v) is 6.53. The molecule has 0 aliphatic carbocycles. The number of rotatable bonds is 18. The molecular weight excluding hydrogens is 577 g/mol. The Hall–Kier alpha value is 0. The van der Waals surface area contributed by atoms with Gasteiger partial charge in [-0.25, -0.2) is 0 Å². The maximum absolute atomic E-state index is 2.41. The summed E-state index contributed by atoms with van der Waals surface area (Å²) in [5, 5.41) is 0. The van der Waals surface area contributed by atoms with Crippen molar-refractivity contribution >= 4 is 0 Å². The third kappa shape index (κ3) is 31.9. The highest BCUT2D eigenvalue weighted by molar-refractivity contribution is 4.87.